The SMILES string of the molecule is C[C@@H](c1cccs1)N(C)C(=O)c1cc(COc2ccc(F)cc2F)[nH]n1. The number of carbonyl (C=O) groups is 1. The van der Waals surface area contributed by atoms with Gasteiger partial charge in [-0.1, -0.05) is 6.07 Å². The fourth-order valence-corrected chi connectivity index (χ4v) is 3.20. The van der Waals surface area contributed by atoms with Crippen molar-refractivity contribution in [3.8, 4) is 5.75 Å². The molecule has 0 fully saturated rings. The van der Waals surface area contributed by atoms with E-state index in [9.17, 15) is 13.6 Å². The summed E-state index contributed by atoms with van der Waals surface area (Å²) < 4.78 is 31.8. The van der Waals surface area contributed by atoms with Gasteiger partial charge >= 0.3 is 0 Å². The predicted octanol–water partition coefficient (Wildman–Crippen LogP) is 4.16. The van der Waals surface area contributed by atoms with E-state index in [2.05, 4.69) is 10.2 Å². The van der Waals surface area contributed by atoms with Gasteiger partial charge in [-0.15, -0.1) is 11.3 Å². The van der Waals surface area contributed by atoms with E-state index in [0.29, 0.717) is 5.69 Å². The molecule has 8 heteroatoms. The Morgan fingerprint density at radius 3 is 2.85 bits per heavy atom. The number of rotatable bonds is 6. The van der Waals surface area contributed by atoms with Gasteiger partial charge in [-0.25, -0.2) is 8.78 Å². The molecule has 2 aromatic heterocycles. The molecule has 1 N–H and O–H groups in total. The summed E-state index contributed by atoms with van der Waals surface area (Å²) >= 11 is 1.58. The lowest BCUT2D eigenvalue weighted by atomic mass is 10.2. The van der Waals surface area contributed by atoms with Crippen LogP contribution in [0.3, 0.4) is 0 Å². The number of nitrogens with zero attached hydrogens (tertiary/aromatic N) is 2. The van der Waals surface area contributed by atoms with Gasteiger partial charge in [-0.05, 0) is 36.6 Å². The molecule has 0 unspecified atom stereocenters. The Morgan fingerprint density at radius 1 is 1.35 bits per heavy atom. The van der Waals surface area contributed by atoms with Gasteiger partial charge in [-0.3, -0.25) is 9.89 Å². The van der Waals surface area contributed by atoms with E-state index in [4.69, 9.17) is 4.74 Å². The van der Waals surface area contributed by atoms with Crippen LogP contribution in [0.15, 0.2) is 41.8 Å². The van der Waals surface area contributed by atoms with Crippen molar-refractivity contribution in [3.63, 3.8) is 0 Å². The predicted molar refractivity (Wildman–Crippen MR) is 94.1 cm³/mol. The second-order valence-electron chi connectivity index (χ2n) is 5.75. The van der Waals surface area contributed by atoms with Crippen molar-refractivity contribution in [2.24, 2.45) is 0 Å². The third-order valence-electron chi connectivity index (χ3n) is 3.98. The molecule has 5 nitrogen and oxygen atoms in total. The van der Waals surface area contributed by atoms with Crippen molar-refractivity contribution < 1.29 is 18.3 Å². The minimum atomic E-state index is -0.787. The zero-order valence-corrected chi connectivity index (χ0v) is 15.0. The molecule has 136 valence electrons. The van der Waals surface area contributed by atoms with Crippen molar-refractivity contribution in [1.82, 2.24) is 15.1 Å². The Kier molecular flexibility index (Phi) is 5.32. The van der Waals surface area contributed by atoms with Crippen LogP contribution in [0.25, 0.3) is 0 Å². The summed E-state index contributed by atoms with van der Waals surface area (Å²) in [6.07, 6.45) is 0. The number of benzene rings is 1. The van der Waals surface area contributed by atoms with Gasteiger partial charge < -0.3 is 9.64 Å². The van der Waals surface area contributed by atoms with Gasteiger partial charge in [0.05, 0.1) is 11.7 Å². The van der Waals surface area contributed by atoms with Crippen LogP contribution in [-0.4, -0.2) is 28.1 Å². The summed E-state index contributed by atoms with van der Waals surface area (Å²) in [5.41, 5.74) is 0.753. The van der Waals surface area contributed by atoms with E-state index in [0.717, 1.165) is 17.0 Å². The maximum absolute atomic E-state index is 13.6. The van der Waals surface area contributed by atoms with Crippen LogP contribution in [0, 0.1) is 11.6 Å². The van der Waals surface area contributed by atoms with Crippen molar-refractivity contribution in [2.75, 3.05) is 7.05 Å². The number of hydrogen-bond acceptors (Lipinski definition) is 4. The molecule has 26 heavy (non-hydrogen) atoms. The molecule has 1 amide bonds. The fraction of sp³-hybridized carbons (Fsp3) is 0.222. The average molecular weight is 377 g/mol. The van der Waals surface area contributed by atoms with Gasteiger partial charge in [0.15, 0.2) is 17.3 Å². The van der Waals surface area contributed by atoms with E-state index in [1.165, 1.54) is 6.07 Å². The molecular weight excluding hydrogens is 360 g/mol. The molecule has 1 atom stereocenters. The topological polar surface area (TPSA) is 58.2 Å². The molecule has 0 radical (unpaired) electrons. The Morgan fingerprint density at radius 2 is 2.15 bits per heavy atom. The zero-order valence-electron chi connectivity index (χ0n) is 14.2. The lowest BCUT2D eigenvalue weighted by Crippen LogP contribution is -2.29. The lowest BCUT2D eigenvalue weighted by Gasteiger charge is -2.23. The van der Waals surface area contributed by atoms with Crippen LogP contribution in [0.1, 0.15) is 34.0 Å². The zero-order chi connectivity index (χ0) is 18.7. The third kappa shape index (κ3) is 3.91. The van der Waals surface area contributed by atoms with Crippen molar-refractivity contribution in [1.29, 1.82) is 0 Å². The number of nitrogens with one attached hydrogen (secondary N) is 1. The lowest BCUT2D eigenvalue weighted by molar-refractivity contribution is 0.0739. The Labute approximate surface area is 153 Å². The number of H-pyrrole nitrogens is 1. The first-order valence-electron chi connectivity index (χ1n) is 7.88. The first-order valence-corrected chi connectivity index (χ1v) is 8.76. The summed E-state index contributed by atoms with van der Waals surface area (Å²) in [5.74, 6) is -1.77. The first-order chi connectivity index (χ1) is 12.5. The quantitative estimate of drug-likeness (QED) is 0.702. The van der Waals surface area contributed by atoms with Gasteiger partial charge in [0.1, 0.15) is 12.4 Å². The number of ether oxygens (including phenoxy) is 1. The number of aromatic amines is 1. The monoisotopic (exact) mass is 377 g/mol. The van der Waals surface area contributed by atoms with Gasteiger partial charge in [-0.2, -0.15) is 5.10 Å². The average Bonchev–Trinajstić information content (AvgIpc) is 3.31. The molecular formula is C18H17F2N3O2S. The maximum atomic E-state index is 13.6. The van der Waals surface area contributed by atoms with Crippen LogP contribution in [0.2, 0.25) is 0 Å². The van der Waals surface area contributed by atoms with Gasteiger partial charge in [0, 0.05) is 18.0 Å². The Bertz CT molecular complexity index is 896. The number of thiophene rings is 1. The minimum Gasteiger partial charge on any atom is -0.484 e. The normalized spacial score (nSPS) is 12.0. The number of amides is 1. The summed E-state index contributed by atoms with van der Waals surface area (Å²) in [6, 6.07) is 8.46. The standard InChI is InChI=1S/C18H17F2N3O2S/c1-11(17-4-3-7-26-17)23(2)18(24)15-9-13(21-22-15)10-25-16-6-5-12(19)8-14(16)20/h3-9,11H,10H2,1-2H3,(H,21,22)/t11-/m0/s1. The van der Waals surface area contributed by atoms with E-state index < -0.39 is 11.6 Å². The van der Waals surface area contributed by atoms with E-state index >= 15 is 0 Å². The van der Waals surface area contributed by atoms with Crippen molar-refractivity contribution in [3.05, 3.63) is 69.7 Å². The first kappa shape index (κ1) is 18.1. The highest BCUT2D eigenvalue weighted by Gasteiger charge is 2.22. The molecule has 0 spiro atoms. The molecule has 0 saturated carbocycles. The van der Waals surface area contributed by atoms with E-state index in [-0.39, 0.29) is 30.0 Å². The van der Waals surface area contributed by atoms with Crippen LogP contribution in [-0.2, 0) is 6.61 Å². The fourth-order valence-electron chi connectivity index (χ4n) is 2.37. The molecule has 1 aromatic carbocycles. The summed E-state index contributed by atoms with van der Waals surface area (Å²) in [7, 11) is 1.71. The molecule has 0 aliphatic carbocycles. The van der Waals surface area contributed by atoms with Gasteiger partial charge in [0.25, 0.3) is 5.91 Å². The molecule has 0 aliphatic heterocycles. The molecule has 0 aliphatic rings. The minimum absolute atomic E-state index is 0.0208. The number of hydrogen-bond donors (Lipinski definition) is 1. The smallest absolute Gasteiger partial charge is 0.274 e. The summed E-state index contributed by atoms with van der Waals surface area (Å²) in [4.78, 5) is 15.2. The molecule has 3 aromatic rings. The summed E-state index contributed by atoms with van der Waals surface area (Å²) in [6.45, 7) is 1.92. The second-order valence-corrected chi connectivity index (χ2v) is 6.73. The highest BCUT2D eigenvalue weighted by atomic mass is 32.1. The Hall–Kier alpha value is -2.74. The second kappa shape index (κ2) is 7.65. The Balaban J connectivity index is 1.64. The highest BCUT2D eigenvalue weighted by Crippen LogP contribution is 2.24. The molecule has 3 rings (SSSR count). The maximum Gasteiger partial charge on any atom is 0.274 e. The van der Waals surface area contributed by atoms with Crippen LogP contribution in [0.4, 0.5) is 8.78 Å². The van der Waals surface area contributed by atoms with Gasteiger partial charge in [0.2, 0.25) is 0 Å². The molecule has 0 saturated heterocycles. The molecule has 0 bridgehead atoms. The number of carbonyl (C=O) groups excluding carboxylic acids is 1. The van der Waals surface area contributed by atoms with E-state index in [1.54, 1.807) is 29.4 Å². The largest absolute Gasteiger partial charge is 0.484 e. The molecule has 2 heterocycles. The van der Waals surface area contributed by atoms with Crippen molar-refractivity contribution in [2.45, 2.75) is 19.6 Å². The van der Waals surface area contributed by atoms with Crippen LogP contribution < -0.4 is 4.74 Å². The van der Waals surface area contributed by atoms with Crippen LogP contribution >= 0.6 is 11.3 Å². The number of aromatic nitrogens is 2. The summed E-state index contributed by atoms with van der Waals surface area (Å²) in [5, 5.41) is 8.66. The highest BCUT2D eigenvalue weighted by molar-refractivity contribution is 7.10. The third-order valence-corrected chi connectivity index (χ3v) is 5.03. The van der Waals surface area contributed by atoms with Crippen LogP contribution in [0.5, 0.6) is 5.75 Å². The van der Waals surface area contributed by atoms with E-state index in [1.807, 2.05) is 24.4 Å². The van der Waals surface area contributed by atoms with Crippen molar-refractivity contribution >= 4 is 17.2 Å². The number of halogens is 2.